The van der Waals surface area contributed by atoms with Crippen LogP contribution in [0.5, 0.6) is 5.75 Å². The topological polar surface area (TPSA) is 69.4 Å². The van der Waals surface area contributed by atoms with Crippen molar-refractivity contribution in [3.8, 4) is 5.75 Å². The third-order valence-electron chi connectivity index (χ3n) is 10.4. The molecule has 0 spiro atoms. The maximum absolute atomic E-state index is 13.3. The van der Waals surface area contributed by atoms with Crippen LogP contribution in [-0.2, 0) is 4.79 Å². The molecule has 7 atom stereocenters. The van der Waals surface area contributed by atoms with Gasteiger partial charge in [-0.3, -0.25) is 14.9 Å². The number of carbonyl (C=O) groups is 1. The molecule has 5 rings (SSSR count). The lowest BCUT2D eigenvalue weighted by Gasteiger charge is -2.60. The van der Waals surface area contributed by atoms with Gasteiger partial charge in [0.2, 0.25) is 0 Å². The van der Waals surface area contributed by atoms with Gasteiger partial charge in [0.25, 0.3) is 5.69 Å². The van der Waals surface area contributed by atoms with Crippen molar-refractivity contribution < 1.29 is 14.5 Å². The van der Waals surface area contributed by atoms with Gasteiger partial charge in [0.15, 0.2) is 5.78 Å². The molecule has 0 aromatic heterocycles. The van der Waals surface area contributed by atoms with Crippen molar-refractivity contribution in [3.63, 3.8) is 0 Å². The highest BCUT2D eigenvalue weighted by Crippen LogP contribution is 2.67. The number of fused-ring (bicyclic) bond motifs is 5. The van der Waals surface area contributed by atoms with Gasteiger partial charge in [0.1, 0.15) is 12.4 Å². The summed E-state index contributed by atoms with van der Waals surface area (Å²) in [5.74, 6) is 4.07. The normalized spacial score (nSPS) is 40.6. The predicted molar refractivity (Wildman–Crippen MR) is 123 cm³/mol. The van der Waals surface area contributed by atoms with Gasteiger partial charge in [-0.15, -0.1) is 0 Å². The van der Waals surface area contributed by atoms with E-state index in [0.717, 1.165) is 24.2 Å². The predicted octanol–water partition coefficient (Wildman–Crippen LogP) is 6.59. The number of nitro groups is 1. The molecule has 1 aromatic rings. The van der Waals surface area contributed by atoms with Crippen LogP contribution in [0.25, 0.3) is 0 Å². The number of ether oxygens (including phenoxy) is 1. The lowest BCUT2D eigenvalue weighted by Crippen LogP contribution is -2.53. The van der Waals surface area contributed by atoms with Crippen LogP contribution in [0.2, 0.25) is 0 Å². The van der Waals surface area contributed by atoms with Crippen LogP contribution >= 0.6 is 0 Å². The van der Waals surface area contributed by atoms with E-state index in [2.05, 4.69) is 13.8 Å². The Balaban J connectivity index is 1.26. The Morgan fingerprint density at radius 1 is 0.969 bits per heavy atom. The molecular weight excluding hydrogens is 402 g/mol. The molecule has 4 aliphatic rings. The standard InChI is InChI=1S/C27H37NO4/c1-26-15-4-3-5-18(26)6-11-21-22-12-13-24(27(22,2)16-14-23(21)26)25(29)17-32-20-9-7-19(8-10-20)28(30)31/h7-10,18,21-24H,3-6,11-17H2,1-2H3/t18-,21+,22+,23+,24-,26+,27+/m1/s1. The number of carbonyl (C=O) groups excluding carboxylic acids is 1. The Labute approximate surface area is 191 Å². The summed E-state index contributed by atoms with van der Waals surface area (Å²) in [6.45, 7) is 5.06. The lowest BCUT2D eigenvalue weighted by atomic mass is 9.45. The molecule has 0 aliphatic heterocycles. The number of Topliss-reactive ketones (excluding diaryl/α,β-unsaturated/α-hetero) is 1. The van der Waals surface area contributed by atoms with Crippen molar-refractivity contribution in [2.45, 2.75) is 78.1 Å². The monoisotopic (exact) mass is 439 g/mol. The first-order chi connectivity index (χ1) is 15.3. The molecule has 4 saturated carbocycles. The van der Waals surface area contributed by atoms with Crippen LogP contribution in [0.1, 0.15) is 78.1 Å². The Hall–Kier alpha value is -1.91. The second-order valence-electron chi connectivity index (χ2n) is 11.6. The van der Waals surface area contributed by atoms with Gasteiger partial charge in [-0.25, -0.2) is 0 Å². The Morgan fingerprint density at radius 3 is 2.47 bits per heavy atom. The van der Waals surface area contributed by atoms with Crippen LogP contribution in [0.3, 0.4) is 0 Å². The smallest absolute Gasteiger partial charge is 0.269 e. The van der Waals surface area contributed by atoms with E-state index in [1.807, 2.05) is 0 Å². The largest absolute Gasteiger partial charge is 0.486 e. The zero-order valence-electron chi connectivity index (χ0n) is 19.6. The molecule has 0 amide bonds. The SMILES string of the molecule is C[C@]12CCCC[C@@H]1CC[C@@H]1[C@@H]2CC[C@]2(C)[C@@H](C(=O)COc3ccc([N+](=O)[O-])cc3)CC[C@@H]12. The molecule has 4 fully saturated rings. The van der Waals surface area contributed by atoms with Crippen LogP contribution in [0.15, 0.2) is 24.3 Å². The number of nitrogens with zero attached hydrogens (tertiary/aromatic N) is 1. The fourth-order valence-electron chi connectivity index (χ4n) is 8.74. The van der Waals surface area contributed by atoms with Crippen molar-refractivity contribution in [3.05, 3.63) is 34.4 Å². The maximum atomic E-state index is 13.3. The third-order valence-corrected chi connectivity index (χ3v) is 10.4. The summed E-state index contributed by atoms with van der Waals surface area (Å²) in [6, 6.07) is 6.02. The molecule has 4 aliphatic carbocycles. The molecule has 5 nitrogen and oxygen atoms in total. The number of hydrogen-bond acceptors (Lipinski definition) is 4. The lowest BCUT2D eigenvalue weighted by molar-refractivity contribution is -0.384. The van der Waals surface area contributed by atoms with E-state index in [0.29, 0.717) is 17.1 Å². The summed E-state index contributed by atoms with van der Waals surface area (Å²) in [6.07, 6.45) is 13.1. The summed E-state index contributed by atoms with van der Waals surface area (Å²) in [7, 11) is 0. The van der Waals surface area contributed by atoms with Gasteiger partial charge in [-0.05, 0) is 98.0 Å². The summed E-state index contributed by atoms with van der Waals surface area (Å²) in [5, 5.41) is 10.8. The van der Waals surface area contributed by atoms with Gasteiger partial charge in [-0.2, -0.15) is 0 Å². The Bertz CT molecular complexity index is 882. The molecule has 5 heteroatoms. The first kappa shape index (κ1) is 21.9. The number of benzene rings is 1. The van der Waals surface area contributed by atoms with Crippen molar-refractivity contribution in [2.24, 2.45) is 40.4 Å². The molecular formula is C27H37NO4. The minimum absolute atomic E-state index is 0.0352. The first-order valence-corrected chi connectivity index (χ1v) is 12.7. The van der Waals surface area contributed by atoms with E-state index in [1.165, 1.54) is 69.9 Å². The third kappa shape index (κ3) is 3.47. The average Bonchev–Trinajstić information content (AvgIpc) is 3.14. The molecule has 0 heterocycles. The number of ketones is 1. The van der Waals surface area contributed by atoms with Gasteiger partial charge in [0.05, 0.1) is 4.92 Å². The van der Waals surface area contributed by atoms with Gasteiger partial charge >= 0.3 is 0 Å². The Kier molecular flexibility index (Phi) is 5.58. The van der Waals surface area contributed by atoms with Crippen LogP contribution in [-0.4, -0.2) is 17.3 Å². The highest BCUT2D eigenvalue weighted by molar-refractivity contribution is 5.83. The fourth-order valence-corrected chi connectivity index (χ4v) is 8.74. The number of nitro benzene ring substituents is 1. The quantitative estimate of drug-likeness (QED) is 0.383. The fraction of sp³-hybridized carbons (Fsp3) is 0.741. The molecule has 1 aromatic carbocycles. The molecule has 0 bridgehead atoms. The van der Waals surface area contributed by atoms with Crippen LogP contribution in [0.4, 0.5) is 5.69 Å². The molecule has 32 heavy (non-hydrogen) atoms. The van der Waals surface area contributed by atoms with Crippen LogP contribution in [0, 0.1) is 50.5 Å². The van der Waals surface area contributed by atoms with E-state index in [1.54, 1.807) is 12.1 Å². The number of non-ortho nitro benzene ring substituents is 1. The molecule has 174 valence electrons. The second-order valence-corrected chi connectivity index (χ2v) is 11.6. The summed E-state index contributed by atoms with van der Waals surface area (Å²) in [5.41, 5.74) is 0.673. The number of hydrogen-bond donors (Lipinski definition) is 0. The molecule has 0 N–H and O–H groups in total. The van der Waals surface area contributed by atoms with Crippen molar-refractivity contribution in [1.29, 1.82) is 0 Å². The van der Waals surface area contributed by atoms with Crippen molar-refractivity contribution in [1.82, 2.24) is 0 Å². The van der Waals surface area contributed by atoms with Crippen molar-refractivity contribution in [2.75, 3.05) is 6.61 Å². The minimum Gasteiger partial charge on any atom is -0.486 e. The average molecular weight is 440 g/mol. The highest BCUT2D eigenvalue weighted by atomic mass is 16.6. The zero-order valence-corrected chi connectivity index (χ0v) is 19.6. The van der Waals surface area contributed by atoms with Gasteiger partial charge in [-0.1, -0.05) is 26.7 Å². The van der Waals surface area contributed by atoms with Crippen molar-refractivity contribution >= 4 is 11.5 Å². The van der Waals surface area contributed by atoms with Crippen LogP contribution < -0.4 is 4.74 Å². The summed E-state index contributed by atoms with van der Waals surface area (Å²) < 4.78 is 5.76. The maximum Gasteiger partial charge on any atom is 0.269 e. The summed E-state index contributed by atoms with van der Waals surface area (Å²) in [4.78, 5) is 23.7. The molecule has 0 saturated heterocycles. The minimum atomic E-state index is -0.425. The summed E-state index contributed by atoms with van der Waals surface area (Å²) >= 11 is 0. The second kappa shape index (κ2) is 8.14. The van der Waals surface area contributed by atoms with E-state index in [-0.39, 0.29) is 29.4 Å². The Morgan fingerprint density at radius 2 is 1.72 bits per heavy atom. The van der Waals surface area contributed by atoms with E-state index in [4.69, 9.17) is 4.74 Å². The van der Waals surface area contributed by atoms with E-state index >= 15 is 0 Å². The molecule has 0 radical (unpaired) electrons. The number of rotatable bonds is 5. The first-order valence-electron chi connectivity index (χ1n) is 12.7. The van der Waals surface area contributed by atoms with E-state index in [9.17, 15) is 14.9 Å². The zero-order chi connectivity index (χ0) is 22.5. The highest BCUT2D eigenvalue weighted by Gasteiger charge is 2.60. The van der Waals surface area contributed by atoms with Gasteiger partial charge < -0.3 is 4.74 Å². The van der Waals surface area contributed by atoms with Gasteiger partial charge in [0, 0.05) is 18.1 Å². The molecule has 0 unspecified atom stereocenters. The van der Waals surface area contributed by atoms with E-state index < -0.39 is 4.92 Å².